The topological polar surface area (TPSA) is 50.4 Å². The average molecular weight is 367 g/mol. The molecule has 4 aliphatic rings. The van der Waals surface area contributed by atoms with E-state index in [4.69, 9.17) is 10.8 Å². The fourth-order valence-electron chi connectivity index (χ4n) is 7.54. The monoisotopic (exact) mass is 366 g/mol. The molecule has 0 radical (unpaired) electrons. The van der Waals surface area contributed by atoms with Crippen LogP contribution in [-0.2, 0) is 12.8 Å². The third-order valence-corrected chi connectivity index (χ3v) is 9.06. The Morgan fingerprint density at radius 1 is 1.19 bits per heavy atom. The van der Waals surface area contributed by atoms with Crippen LogP contribution in [0.1, 0.15) is 74.3 Å². The van der Waals surface area contributed by atoms with Crippen LogP contribution in [0.25, 0.3) is 0 Å². The summed E-state index contributed by atoms with van der Waals surface area (Å²) in [4.78, 5) is 11.7. The number of fused-ring (bicyclic) bond motifs is 6. The minimum atomic E-state index is -0.917. The number of carbonyl (C=O) groups excluding carboxylic acids is 1. The van der Waals surface area contributed by atoms with Crippen molar-refractivity contribution in [2.45, 2.75) is 70.8 Å². The van der Waals surface area contributed by atoms with Gasteiger partial charge in [0.2, 0.25) is 0 Å². The molecule has 0 aromatic carbocycles. The Labute approximate surface area is 161 Å². The van der Waals surface area contributed by atoms with E-state index in [0.717, 1.165) is 43.8 Å². The zero-order valence-corrected chi connectivity index (χ0v) is 16.5. The lowest BCUT2D eigenvalue weighted by Crippen LogP contribution is -2.53. The van der Waals surface area contributed by atoms with Gasteiger partial charge in [-0.15, -0.1) is 6.42 Å². The van der Waals surface area contributed by atoms with Gasteiger partial charge in [-0.3, -0.25) is 4.79 Å². The highest BCUT2D eigenvalue weighted by atomic mass is 16.3. The number of Topliss-reactive ketones (excluding diaryl/α,β-unsaturated/α-hetero) is 1. The Hall–Kier alpha value is -1.53. The van der Waals surface area contributed by atoms with E-state index in [2.05, 4.69) is 12.8 Å². The van der Waals surface area contributed by atoms with E-state index in [1.807, 2.05) is 6.07 Å². The molecule has 1 aromatic rings. The van der Waals surface area contributed by atoms with Crippen LogP contribution >= 0.6 is 0 Å². The first-order valence-electron chi connectivity index (χ1n) is 10.7. The van der Waals surface area contributed by atoms with Crippen LogP contribution in [-0.4, -0.2) is 16.5 Å². The van der Waals surface area contributed by atoms with Crippen molar-refractivity contribution in [2.75, 3.05) is 0 Å². The predicted molar refractivity (Wildman–Crippen MR) is 103 cm³/mol. The van der Waals surface area contributed by atoms with Gasteiger partial charge in [-0.05, 0) is 86.2 Å². The minimum absolute atomic E-state index is 0.0261. The SMILES string of the molecule is C#C[C@]1(O)CCC2C3CC[C@H]4Cc5oc(C(C)=O)cc5C[C@@H]4C3CC[C@@]21C. The minimum Gasteiger partial charge on any atom is -0.458 e. The molecule has 4 aliphatic carbocycles. The van der Waals surface area contributed by atoms with E-state index in [1.54, 1.807) is 6.92 Å². The van der Waals surface area contributed by atoms with Crippen LogP contribution in [0, 0.1) is 47.3 Å². The maximum atomic E-state index is 11.7. The largest absolute Gasteiger partial charge is 0.458 e. The summed E-state index contributed by atoms with van der Waals surface area (Å²) in [6.45, 7) is 3.84. The van der Waals surface area contributed by atoms with Gasteiger partial charge < -0.3 is 9.52 Å². The predicted octanol–water partition coefficient (Wildman–Crippen LogP) is 4.41. The van der Waals surface area contributed by atoms with E-state index in [1.165, 1.54) is 24.8 Å². The van der Waals surface area contributed by atoms with Crippen LogP contribution in [0.15, 0.2) is 10.5 Å². The normalized spacial score (nSPS) is 45.2. The molecule has 144 valence electrons. The van der Waals surface area contributed by atoms with Crippen LogP contribution in [0.5, 0.6) is 0 Å². The zero-order chi connectivity index (χ0) is 19.0. The second-order valence-electron chi connectivity index (χ2n) is 9.96. The Bertz CT molecular complexity index is 829. The highest BCUT2D eigenvalue weighted by Crippen LogP contribution is 2.64. The number of ketones is 1. The third-order valence-electron chi connectivity index (χ3n) is 9.06. The molecule has 7 atom stereocenters. The molecule has 5 rings (SSSR count). The van der Waals surface area contributed by atoms with Gasteiger partial charge in [0.1, 0.15) is 11.4 Å². The maximum Gasteiger partial charge on any atom is 0.194 e. The summed E-state index contributed by atoms with van der Waals surface area (Å²) in [5.41, 5.74) is 0.231. The summed E-state index contributed by atoms with van der Waals surface area (Å²) in [6, 6.07) is 2.00. The van der Waals surface area contributed by atoms with Crippen LogP contribution in [0.3, 0.4) is 0 Å². The first-order chi connectivity index (χ1) is 12.9. The van der Waals surface area contributed by atoms with E-state index in [9.17, 15) is 9.90 Å². The van der Waals surface area contributed by atoms with Crippen molar-refractivity contribution >= 4 is 5.78 Å². The number of aliphatic hydroxyl groups is 1. The second kappa shape index (κ2) is 5.74. The average Bonchev–Trinajstić information content (AvgIpc) is 3.19. The quantitative estimate of drug-likeness (QED) is 0.591. The van der Waals surface area contributed by atoms with Gasteiger partial charge in [-0.25, -0.2) is 0 Å². The Kier molecular flexibility index (Phi) is 3.73. The lowest BCUT2D eigenvalue weighted by Gasteiger charge is -2.56. The summed E-state index contributed by atoms with van der Waals surface area (Å²) >= 11 is 0. The van der Waals surface area contributed by atoms with Gasteiger partial charge in [-0.1, -0.05) is 12.8 Å². The van der Waals surface area contributed by atoms with Gasteiger partial charge in [-0.2, -0.15) is 0 Å². The summed E-state index contributed by atoms with van der Waals surface area (Å²) < 4.78 is 5.88. The summed E-state index contributed by atoms with van der Waals surface area (Å²) in [5, 5.41) is 11.1. The van der Waals surface area contributed by atoms with E-state index in [0.29, 0.717) is 29.4 Å². The van der Waals surface area contributed by atoms with Crippen molar-refractivity contribution in [3.8, 4) is 12.3 Å². The third kappa shape index (κ3) is 2.29. The van der Waals surface area contributed by atoms with E-state index >= 15 is 0 Å². The number of rotatable bonds is 1. The molecule has 0 bridgehead atoms. The van der Waals surface area contributed by atoms with Gasteiger partial charge in [0.05, 0.1) is 0 Å². The zero-order valence-electron chi connectivity index (χ0n) is 16.5. The molecule has 3 unspecified atom stereocenters. The molecular weight excluding hydrogens is 336 g/mol. The molecular formula is C24H30O3. The molecule has 0 amide bonds. The second-order valence-corrected chi connectivity index (χ2v) is 9.96. The Morgan fingerprint density at radius 2 is 2.00 bits per heavy atom. The number of hydrogen-bond donors (Lipinski definition) is 1. The van der Waals surface area contributed by atoms with Crippen molar-refractivity contribution in [3.63, 3.8) is 0 Å². The number of carbonyl (C=O) groups is 1. The van der Waals surface area contributed by atoms with Gasteiger partial charge in [0, 0.05) is 18.8 Å². The fourth-order valence-corrected chi connectivity index (χ4v) is 7.54. The van der Waals surface area contributed by atoms with Crippen molar-refractivity contribution < 1.29 is 14.3 Å². The summed E-state index contributed by atoms with van der Waals surface area (Å²) in [7, 11) is 0. The van der Waals surface area contributed by atoms with Gasteiger partial charge in [0.15, 0.2) is 11.5 Å². The number of furan rings is 1. The molecule has 27 heavy (non-hydrogen) atoms. The van der Waals surface area contributed by atoms with E-state index < -0.39 is 5.60 Å². The molecule has 0 aliphatic heterocycles. The molecule has 1 heterocycles. The Morgan fingerprint density at radius 3 is 2.74 bits per heavy atom. The highest BCUT2D eigenvalue weighted by molar-refractivity contribution is 5.91. The molecule has 3 nitrogen and oxygen atoms in total. The molecule has 3 fully saturated rings. The number of terminal acetylenes is 1. The first kappa shape index (κ1) is 17.6. The van der Waals surface area contributed by atoms with Crippen LogP contribution < -0.4 is 0 Å². The lowest BCUT2D eigenvalue weighted by molar-refractivity contribution is -0.101. The maximum absolute atomic E-state index is 11.7. The van der Waals surface area contributed by atoms with Crippen molar-refractivity contribution in [1.29, 1.82) is 0 Å². The molecule has 0 spiro atoms. The van der Waals surface area contributed by atoms with Crippen LogP contribution in [0.4, 0.5) is 0 Å². The van der Waals surface area contributed by atoms with Crippen molar-refractivity contribution in [2.24, 2.45) is 35.0 Å². The van der Waals surface area contributed by atoms with Crippen LogP contribution in [0.2, 0.25) is 0 Å². The van der Waals surface area contributed by atoms with Gasteiger partial charge in [0.25, 0.3) is 0 Å². The smallest absolute Gasteiger partial charge is 0.194 e. The lowest BCUT2D eigenvalue weighted by atomic mass is 9.49. The number of hydrogen-bond acceptors (Lipinski definition) is 3. The molecule has 1 N–H and O–H groups in total. The molecule has 3 heteroatoms. The highest BCUT2D eigenvalue weighted by Gasteiger charge is 2.62. The summed E-state index contributed by atoms with van der Waals surface area (Å²) in [5.74, 6) is 7.73. The molecule has 3 saturated carbocycles. The summed E-state index contributed by atoms with van der Waals surface area (Å²) in [6.07, 6.45) is 14.4. The van der Waals surface area contributed by atoms with Gasteiger partial charge >= 0.3 is 0 Å². The van der Waals surface area contributed by atoms with Crippen molar-refractivity contribution in [3.05, 3.63) is 23.2 Å². The molecule has 1 aromatic heterocycles. The fraction of sp³-hybridized carbons (Fsp3) is 0.708. The van der Waals surface area contributed by atoms with E-state index in [-0.39, 0.29) is 11.2 Å². The standard InChI is InChI=1S/C24H30O3/c1-4-24(26)10-8-20-18-6-5-15-12-22-16(13-21(27-22)14(2)25)11-19(15)17(18)7-9-23(20,24)3/h1,13,15,17-20,26H,5-12H2,2-3H3/t15-,17?,18?,19-,20?,23-,24-/m0/s1. The van der Waals surface area contributed by atoms with Crippen molar-refractivity contribution in [1.82, 2.24) is 0 Å². The molecule has 0 saturated heterocycles. The Balaban J connectivity index is 1.43. The first-order valence-corrected chi connectivity index (χ1v) is 10.7.